The Morgan fingerprint density at radius 1 is 1.07 bits per heavy atom. The highest BCUT2D eigenvalue weighted by atomic mass is 32.1. The standard InChI is InChI=1S/C23H25N3O2S/c1-2-6-21-20(5-1)26-23(29-21)25-17-7-9-18(10-8-17)28-22-19(4-3-13-24-22)16-11-14-27-15-12-16/h1-6,11,13,17-18H,7-10,12,14-15H2,(H,25,26). The molecular formula is C23H25N3O2S. The maximum absolute atomic E-state index is 6.35. The lowest BCUT2D eigenvalue weighted by atomic mass is 9.93. The van der Waals surface area contributed by atoms with Gasteiger partial charge in [-0.15, -0.1) is 0 Å². The van der Waals surface area contributed by atoms with Gasteiger partial charge in [0.1, 0.15) is 6.10 Å². The number of thiazole rings is 1. The van der Waals surface area contributed by atoms with Crippen molar-refractivity contribution in [2.24, 2.45) is 0 Å². The van der Waals surface area contributed by atoms with Crippen molar-refractivity contribution in [3.63, 3.8) is 0 Å². The molecule has 150 valence electrons. The molecule has 1 fully saturated rings. The van der Waals surface area contributed by atoms with E-state index in [4.69, 9.17) is 14.5 Å². The lowest BCUT2D eigenvalue weighted by molar-refractivity contribution is 0.143. The molecule has 0 radical (unpaired) electrons. The summed E-state index contributed by atoms with van der Waals surface area (Å²) in [7, 11) is 0. The van der Waals surface area contributed by atoms with E-state index in [1.807, 2.05) is 18.3 Å². The summed E-state index contributed by atoms with van der Waals surface area (Å²) in [5.74, 6) is 0.767. The van der Waals surface area contributed by atoms with Gasteiger partial charge < -0.3 is 14.8 Å². The second kappa shape index (κ2) is 8.51. The maximum Gasteiger partial charge on any atom is 0.221 e. The summed E-state index contributed by atoms with van der Waals surface area (Å²) in [5.41, 5.74) is 3.47. The quantitative estimate of drug-likeness (QED) is 0.622. The fourth-order valence-electron chi connectivity index (χ4n) is 4.09. The van der Waals surface area contributed by atoms with Gasteiger partial charge in [-0.3, -0.25) is 0 Å². The number of para-hydroxylation sites is 1. The van der Waals surface area contributed by atoms with Gasteiger partial charge in [-0.1, -0.05) is 29.5 Å². The molecule has 2 aromatic heterocycles. The fraction of sp³-hybridized carbons (Fsp3) is 0.391. The molecule has 0 saturated heterocycles. The topological polar surface area (TPSA) is 56.3 Å². The molecule has 1 aliphatic heterocycles. The van der Waals surface area contributed by atoms with Crippen molar-refractivity contribution in [2.75, 3.05) is 18.5 Å². The summed E-state index contributed by atoms with van der Waals surface area (Å²) >= 11 is 1.73. The van der Waals surface area contributed by atoms with E-state index in [2.05, 4.69) is 40.6 Å². The van der Waals surface area contributed by atoms with Gasteiger partial charge in [0.15, 0.2) is 5.13 Å². The van der Waals surface area contributed by atoms with Crippen LogP contribution in [0.5, 0.6) is 5.88 Å². The van der Waals surface area contributed by atoms with Gasteiger partial charge in [0, 0.05) is 17.8 Å². The van der Waals surface area contributed by atoms with E-state index >= 15 is 0 Å². The van der Waals surface area contributed by atoms with Crippen LogP contribution in [-0.4, -0.2) is 35.3 Å². The van der Waals surface area contributed by atoms with Gasteiger partial charge in [0.05, 0.1) is 23.4 Å². The first kappa shape index (κ1) is 18.6. The Labute approximate surface area is 174 Å². The van der Waals surface area contributed by atoms with Gasteiger partial charge in [0.25, 0.3) is 0 Å². The molecular weight excluding hydrogens is 382 g/mol. The van der Waals surface area contributed by atoms with Crippen molar-refractivity contribution in [1.82, 2.24) is 9.97 Å². The molecule has 0 amide bonds. The summed E-state index contributed by atoms with van der Waals surface area (Å²) < 4.78 is 13.0. The molecule has 0 bridgehead atoms. The van der Waals surface area contributed by atoms with E-state index in [9.17, 15) is 0 Å². The Morgan fingerprint density at radius 2 is 1.97 bits per heavy atom. The number of rotatable bonds is 5. The van der Waals surface area contributed by atoms with Crippen molar-refractivity contribution < 1.29 is 9.47 Å². The number of fused-ring (bicyclic) bond motifs is 1. The number of hydrogen-bond donors (Lipinski definition) is 1. The number of hydrogen-bond acceptors (Lipinski definition) is 6. The number of ether oxygens (including phenoxy) is 2. The normalized spacial score (nSPS) is 22.3. The fourth-order valence-corrected chi connectivity index (χ4v) is 5.03. The molecule has 0 atom stereocenters. The van der Waals surface area contributed by atoms with E-state index in [-0.39, 0.29) is 6.10 Å². The summed E-state index contributed by atoms with van der Waals surface area (Å²) in [6, 6.07) is 12.8. The van der Waals surface area contributed by atoms with E-state index in [1.54, 1.807) is 11.3 Å². The molecule has 0 unspecified atom stereocenters. The Hall–Kier alpha value is -2.44. The molecule has 1 aliphatic carbocycles. The lowest BCUT2D eigenvalue weighted by Gasteiger charge is -2.29. The molecule has 3 heterocycles. The Morgan fingerprint density at radius 3 is 2.79 bits per heavy atom. The Kier molecular flexibility index (Phi) is 5.45. The van der Waals surface area contributed by atoms with Crippen LogP contribution in [0.1, 0.15) is 37.7 Å². The largest absolute Gasteiger partial charge is 0.474 e. The number of nitrogens with zero attached hydrogens (tertiary/aromatic N) is 2. The van der Waals surface area contributed by atoms with Crippen molar-refractivity contribution in [1.29, 1.82) is 0 Å². The number of benzene rings is 1. The molecule has 1 saturated carbocycles. The van der Waals surface area contributed by atoms with Gasteiger partial charge in [-0.25, -0.2) is 9.97 Å². The minimum atomic E-state index is 0.220. The summed E-state index contributed by atoms with van der Waals surface area (Å²) in [6.45, 7) is 1.44. The van der Waals surface area contributed by atoms with E-state index in [0.29, 0.717) is 12.6 Å². The first-order chi connectivity index (χ1) is 14.3. The van der Waals surface area contributed by atoms with Crippen molar-refractivity contribution >= 4 is 32.3 Å². The highest BCUT2D eigenvalue weighted by Gasteiger charge is 2.24. The van der Waals surface area contributed by atoms with Gasteiger partial charge in [-0.2, -0.15) is 0 Å². The number of aromatic nitrogens is 2. The summed E-state index contributed by atoms with van der Waals surface area (Å²) in [6.07, 6.45) is 9.32. The minimum absolute atomic E-state index is 0.220. The smallest absolute Gasteiger partial charge is 0.221 e. The van der Waals surface area contributed by atoms with Crippen LogP contribution in [0.15, 0.2) is 48.7 Å². The SMILES string of the molecule is C1=C(c2cccnc2OC2CCC(Nc3nc4ccccc4s3)CC2)CCOC1. The van der Waals surface area contributed by atoms with Crippen LogP contribution in [0.3, 0.4) is 0 Å². The van der Waals surface area contributed by atoms with Crippen LogP contribution in [0.25, 0.3) is 15.8 Å². The van der Waals surface area contributed by atoms with Crippen LogP contribution in [0.2, 0.25) is 0 Å². The molecule has 29 heavy (non-hydrogen) atoms. The average molecular weight is 408 g/mol. The third-order valence-electron chi connectivity index (χ3n) is 5.65. The highest BCUT2D eigenvalue weighted by Crippen LogP contribution is 2.32. The van der Waals surface area contributed by atoms with E-state index in [0.717, 1.165) is 60.8 Å². The number of nitrogens with one attached hydrogen (secondary N) is 1. The van der Waals surface area contributed by atoms with Crippen LogP contribution in [-0.2, 0) is 4.74 Å². The zero-order valence-corrected chi connectivity index (χ0v) is 17.2. The first-order valence-electron chi connectivity index (χ1n) is 10.4. The van der Waals surface area contributed by atoms with Crippen molar-refractivity contribution in [3.05, 3.63) is 54.2 Å². The highest BCUT2D eigenvalue weighted by molar-refractivity contribution is 7.22. The Balaban J connectivity index is 1.20. The molecule has 2 aliphatic rings. The monoisotopic (exact) mass is 407 g/mol. The third kappa shape index (κ3) is 4.28. The number of anilines is 1. The maximum atomic E-state index is 6.35. The molecule has 1 N–H and O–H groups in total. The summed E-state index contributed by atoms with van der Waals surface area (Å²) in [4.78, 5) is 9.24. The average Bonchev–Trinajstić information content (AvgIpc) is 3.18. The van der Waals surface area contributed by atoms with Crippen LogP contribution < -0.4 is 10.1 Å². The zero-order chi connectivity index (χ0) is 19.5. The molecule has 6 heteroatoms. The van der Waals surface area contributed by atoms with Crippen molar-refractivity contribution in [2.45, 2.75) is 44.2 Å². The molecule has 5 rings (SSSR count). The predicted molar refractivity (Wildman–Crippen MR) is 118 cm³/mol. The molecule has 0 spiro atoms. The second-order valence-electron chi connectivity index (χ2n) is 7.63. The second-order valence-corrected chi connectivity index (χ2v) is 8.66. The minimum Gasteiger partial charge on any atom is -0.474 e. The van der Waals surface area contributed by atoms with Gasteiger partial charge in [-0.05, 0) is 61.9 Å². The third-order valence-corrected chi connectivity index (χ3v) is 6.62. The molecule has 5 nitrogen and oxygen atoms in total. The van der Waals surface area contributed by atoms with Gasteiger partial charge >= 0.3 is 0 Å². The summed E-state index contributed by atoms with van der Waals surface area (Å²) in [5, 5.41) is 4.65. The van der Waals surface area contributed by atoms with E-state index in [1.165, 1.54) is 10.3 Å². The molecule has 3 aromatic rings. The van der Waals surface area contributed by atoms with Crippen molar-refractivity contribution in [3.8, 4) is 5.88 Å². The van der Waals surface area contributed by atoms with E-state index < -0.39 is 0 Å². The van der Waals surface area contributed by atoms with Crippen LogP contribution in [0, 0.1) is 0 Å². The lowest BCUT2D eigenvalue weighted by Crippen LogP contribution is -2.31. The first-order valence-corrected chi connectivity index (χ1v) is 11.2. The predicted octanol–water partition coefficient (Wildman–Crippen LogP) is 5.30. The van der Waals surface area contributed by atoms with Gasteiger partial charge in [0.2, 0.25) is 5.88 Å². The number of pyridine rings is 1. The Bertz CT molecular complexity index is 975. The van der Waals surface area contributed by atoms with Crippen LogP contribution in [0.4, 0.5) is 5.13 Å². The molecule has 1 aromatic carbocycles. The zero-order valence-electron chi connectivity index (χ0n) is 16.3. The van der Waals surface area contributed by atoms with Crippen LogP contribution >= 0.6 is 11.3 Å².